The van der Waals surface area contributed by atoms with E-state index < -0.39 is 0 Å². The third-order valence-corrected chi connectivity index (χ3v) is 3.03. The lowest BCUT2D eigenvalue weighted by molar-refractivity contribution is 0.576. The normalized spacial score (nSPS) is 10.8. The summed E-state index contributed by atoms with van der Waals surface area (Å²) >= 11 is 0. The standard InChI is InChI=1S/C14H14N4O/c1-10-5-2-3-6-12(10)18-14(11(9-15)16-17-18)13-7-4-8-19-13/h2-8H,9,15H2,1H3. The van der Waals surface area contributed by atoms with E-state index >= 15 is 0 Å². The van der Waals surface area contributed by atoms with E-state index in [1.54, 1.807) is 10.9 Å². The highest BCUT2D eigenvalue weighted by Gasteiger charge is 2.18. The van der Waals surface area contributed by atoms with E-state index in [0.717, 1.165) is 22.6 Å². The molecule has 0 radical (unpaired) electrons. The molecule has 96 valence electrons. The molecule has 0 unspecified atom stereocenters. The first kappa shape index (κ1) is 11.7. The molecule has 0 amide bonds. The summed E-state index contributed by atoms with van der Waals surface area (Å²) in [5, 5.41) is 8.34. The molecule has 0 bridgehead atoms. The van der Waals surface area contributed by atoms with Gasteiger partial charge in [0.05, 0.1) is 12.0 Å². The first-order chi connectivity index (χ1) is 9.31. The maximum Gasteiger partial charge on any atom is 0.154 e. The summed E-state index contributed by atoms with van der Waals surface area (Å²) in [6, 6.07) is 11.7. The van der Waals surface area contributed by atoms with Crippen molar-refractivity contribution in [1.29, 1.82) is 0 Å². The fourth-order valence-electron chi connectivity index (χ4n) is 2.08. The van der Waals surface area contributed by atoms with Gasteiger partial charge in [0.15, 0.2) is 5.76 Å². The molecule has 2 heterocycles. The first-order valence-electron chi connectivity index (χ1n) is 6.06. The van der Waals surface area contributed by atoms with E-state index in [-0.39, 0.29) is 0 Å². The number of aromatic nitrogens is 3. The Hall–Kier alpha value is -2.40. The Labute approximate surface area is 110 Å². The van der Waals surface area contributed by atoms with Crippen LogP contribution in [0, 0.1) is 6.92 Å². The molecule has 5 heteroatoms. The van der Waals surface area contributed by atoms with Crippen LogP contribution in [0.5, 0.6) is 0 Å². The molecule has 3 rings (SSSR count). The molecule has 3 aromatic rings. The largest absolute Gasteiger partial charge is 0.463 e. The van der Waals surface area contributed by atoms with Gasteiger partial charge in [-0.2, -0.15) is 0 Å². The average Bonchev–Trinajstić information content (AvgIpc) is 3.07. The van der Waals surface area contributed by atoms with Crippen LogP contribution in [0.15, 0.2) is 47.1 Å². The number of aryl methyl sites for hydroxylation is 1. The van der Waals surface area contributed by atoms with E-state index in [9.17, 15) is 0 Å². The molecule has 0 saturated carbocycles. The highest BCUT2D eigenvalue weighted by molar-refractivity contribution is 5.59. The second-order valence-corrected chi connectivity index (χ2v) is 4.26. The van der Waals surface area contributed by atoms with Crippen LogP contribution in [0.3, 0.4) is 0 Å². The van der Waals surface area contributed by atoms with Crippen molar-refractivity contribution in [2.45, 2.75) is 13.5 Å². The summed E-state index contributed by atoms with van der Waals surface area (Å²) in [6.07, 6.45) is 1.63. The molecular formula is C14H14N4O. The van der Waals surface area contributed by atoms with Gasteiger partial charge in [-0.3, -0.25) is 0 Å². The molecule has 0 aliphatic heterocycles. The molecule has 0 aliphatic rings. The summed E-state index contributed by atoms with van der Waals surface area (Å²) in [7, 11) is 0. The minimum absolute atomic E-state index is 0.321. The van der Waals surface area contributed by atoms with Gasteiger partial charge < -0.3 is 10.2 Å². The summed E-state index contributed by atoms with van der Waals surface area (Å²) in [6.45, 7) is 2.35. The molecule has 5 nitrogen and oxygen atoms in total. The van der Waals surface area contributed by atoms with E-state index in [0.29, 0.717) is 12.3 Å². The average molecular weight is 254 g/mol. The quantitative estimate of drug-likeness (QED) is 0.778. The Bertz CT molecular complexity index is 685. The number of para-hydroxylation sites is 1. The Kier molecular flexibility index (Phi) is 2.89. The molecule has 0 spiro atoms. The zero-order valence-corrected chi connectivity index (χ0v) is 10.6. The molecule has 0 fully saturated rings. The highest BCUT2D eigenvalue weighted by atomic mass is 16.3. The topological polar surface area (TPSA) is 69.9 Å². The first-order valence-corrected chi connectivity index (χ1v) is 6.06. The van der Waals surface area contributed by atoms with Crippen LogP contribution in [0.4, 0.5) is 0 Å². The third kappa shape index (κ3) is 1.94. The van der Waals surface area contributed by atoms with Gasteiger partial charge in [-0.1, -0.05) is 23.4 Å². The van der Waals surface area contributed by atoms with Crippen molar-refractivity contribution < 1.29 is 4.42 Å². The van der Waals surface area contributed by atoms with E-state index in [2.05, 4.69) is 10.3 Å². The second-order valence-electron chi connectivity index (χ2n) is 4.26. The van der Waals surface area contributed by atoms with Crippen LogP contribution in [0.25, 0.3) is 17.1 Å². The molecular weight excluding hydrogens is 240 g/mol. The van der Waals surface area contributed by atoms with Gasteiger partial charge in [-0.25, -0.2) is 4.68 Å². The van der Waals surface area contributed by atoms with E-state index in [1.807, 2.05) is 43.3 Å². The number of furan rings is 1. The predicted octanol–water partition coefficient (Wildman–Crippen LogP) is 2.29. The number of nitrogens with two attached hydrogens (primary N) is 1. The molecule has 0 saturated heterocycles. The predicted molar refractivity (Wildman–Crippen MR) is 71.7 cm³/mol. The highest BCUT2D eigenvalue weighted by Crippen LogP contribution is 2.26. The van der Waals surface area contributed by atoms with Crippen LogP contribution in [-0.2, 0) is 6.54 Å². The number of hydrogen-bond donors (Lipinski definition) is 1. The number of nitrogens with zero attached hydrogens (tertiary/aromatic N) is 3. The van der Waals surface area contributed by atoms with Crippen molar-refractivity contribution in [2.75, 3.05) is 0 Å². The minimum Gasteiger partial charge on any atom is -0.463 e. The smallest absolute Gasteiger partial charge is 0.154 e. The zero-order chi connectivity index (χ0) is 13.2. The zero-order valence-electron chi connectivity index (χ0n) is 10.6. The monoisotopic (exact) mass is 254 g/mol. The molecule has 19 heavy (non-hydrogen) atoms. The Balaban J connectivity index is 2.23. The Morgan fingerprint density at radius 1 is 1.21 bits per heavy atom. The Morgan fingerprint density at radius 3 is 2.74 bits per heavy atom. The van der Waals surface area contributed by atoms with Crippen LogP contribution >= 0.6 is 0 Å². The van der Waals surface area contributed by atoms with Crippen LogP contribution in [-0.4, -0.2) is 15.0 Å². The maximum atomic E-state index is 5.73. The molecule has 0 aliphatic carbocycles. The van der Waals surface area contributed by atoms with Crippen molar-refractivity contribution in [3.8, 4) is 17.1 Å². The van der Waals surface area contributed by atoms with Crippen LogP contribution in [0.2, 0.25) is 0 Å². The van der Waals surface area contributed by atoms with Crippen LogP contribution < -0.4 is 5.73 Å². The van der Waals surface area contributed by atoms with E-state index in [4.69, 9.17) is 10.2 Å². The third-order valence-electron chi connectivity index (χ3n) is 3.03. The second kappa shape index (κ2) is 4.70. The van der Waals surface area contributed by atoms with Crippen molar-refractivity contribution in [3.05, 3.63) is 53.9 Å². The minimum atomic E-state index is 0.321. The van der Waals surface area contributed by atoms with Crippen molar-refractivity contribution in [1.82, 2.24) is 15.0 Å². The van der Waals surface area contributed by atoms with Gasteiger partial charge in [-0.05, 0) is 30.7 Å². The molecule has 0 atom stereocenters. The summed E-state index contributed by atoms with van der Waals surface area (Å²) in [5.74, 6) is 0.716. The van der Waals surface area contributed by atoms with Gasteiger partial charge in [0.1, 0.15) is 11.4 Å². The molecule has 1 aromatic carbocycles. The fraction of sp³-hybridized carbons (Fsp3) is 0.143. The lowest BCUT2D eigenvalue weighted by atomic mass is 10.2. The van der Waals surface area contributed by atoms with E-state index in [1.165, 1.54) is 0 Å². The Morgan fingerprint density at radius 2 is 2.05 bits per heavy atom. The van der Waals surface area contributed by atoms with Gasteiger partial charge >= 0.3 is 0 Å². The lowest BCUT2D eigenvalue weighted by Crippen LogP contribution is -2.03. The fourth-order valence-corrected chi connectivity index (χ4v) is 2.08. The van der Waals surface area contributed by atoms with Gasteiger partial charge in [-0.15, -0.1) is 5.10 Å². The number of rotatable bonds is 3. The maximum absolute atomic E-state index is 5.73. The SMILES string of the molecule is Cc1ccccc1-n1nnc(CN)c1-c1ccco1. The van der Waals surface area contributed by atoms with Gasteiger partial charge in [0.25, 0.3) is 0 Å². The van der Waals surface area contributed by atoms with Crippen molar-refractivity contribution in [2.24, 2.45) is 5.73 Å². The van der Waals surface area contributed by atoms with Crippen molar-refractivity contribution in [3.63, 3.8) is 0 Å². The summed E-state index contributed by atoms with van der Waals surface area (Å²) < 4.78 is 7.24. The number of benzene rings is 1. The van der Waals surface area contributed by atoms with Crippen LogP contribution in [0.1, 0.15) is 11.3 Å². The summed E-state index contributed by atoms with van der Waals surface area (Å²) in [4.78, 5) is 0. The van der Waals surface area contributed by atoms with Gasteiger partial charge in [0, 0.05) is 6.54 Å². The number of hydrogen-bond acceptors (Lipinski definition) is 4. The lowest BCUT2D eigenvalue weighted by Gasteiger charge is -2.08. The van der Waals surface area contributed by atoms with Crippen molar-refractivity contribution >= 4 is 0 Å². The molecule has 2 N–H and O–H groups in total. The van der Waals surface area contributed by atoms with Gasteiger partial charge in [0.2, 0.25) is 0 Å². The summed E-state index contributed by atoms with van der Waals surface area (Å²) in [5.41, 5.74) is 9.34. The molecule has 2 aromatic heterocycles.